The van der Waals surface area contributed by atoms with Crippen molar-refractivity contribution in [2.45, 2.75) is 6.92 Å². The molecule has 0 saturated carbocycles. The molecule has 0 atom stereocenters. The van der Waals surface area contributed by atoms with Crippen molar-refractivity contribution in [3.05, 3.63) is 35.0 Å². The molecule has 0 spiro atoms. The lowest BCUT2D eigenvalue weighted by atomic mass is 10.0. The quantitative estimate of drug-likeness (QED) is 0.670. The molecule has 1 heterocycles. The lowest BCUT2D eigenvalue weighted by molar-refractivity contribution is 0.437. The van der Waals surface area contributed by atoms with Crippen LogP contribution in [0.2, 0.25) is 5.02 Å². The number of halogens is 1. The van der Waals surface area contributed by atoms with Crippen molar-refractivity contribution in [2.24, 2.45) is 5.10 Å². The van der Waals surface area contributed by atoms with Crippen molar-refractivity contribution in [3.63, 3.8) is 0 Å². The molecule has 4 N–H and O–H groups in total. The van der Waals surface area contributed by atoms with Gasteiger partial charge in [0.25, 0.3) is 0 Å². The summed E-state index contributed by atoms with van der Waals surface area (Å²) in [4.78, 5) is 8.32. The molecule has 0 radical (unpaired) electrons. The monoisotopic (exact) mass is 304 g/mol. The number of rotatable bonds is 3. The molecule has 1 aromatic heterocycles. The average Bonchev–Trinajstić information content (AvgIpc) is 2.38. The summed E-state index contributed by atoms with van der Waals surface area (Å²) in [6.07, 6.45) is 0. The van der Waals surface area contributed by atoms with E-state index in [1.807, 2.05) is 33.2 Å². The van der Waals surface area contributed by atoms with Crippen molar-refractivity contribution >= 4 is 29.1 Å². The summed E-state index contributed by atoms with van der Waals surface area (Å²) in [7, 11) is 3.67. The van der Waals surface area contributed by atoms with E-state index in [0.717, 1.165) is 5.56 Å². The number of benzene rings is 1. The Balaban J connectivity index is 2.67. The van der Waals surface area contributed by atoms with E-state index in [1.165, 1.54) is 0 Å². The third-order valence-corrected chi connectivity index (χ3v) is 3.03. The minimum absolute atomic E-state index is 0.119. The minimum Gasteiger partial charge on any atom is -0.383 e. The van der Waals surface area contributed by atoms with Crippen LogP contribution in [0.1, 0.15) is 12.6 Å². The summed E-state index contributed by atoms with van der Waals surface area (Å²) in [6, 6.07) is 7.30. The number of hydrogen-bond donors (Lipinski definition) is 2. The molecule has 0 fully saturated rings. The van der Waals surface area contributed by atoms with Crippen LogP contribution in [0.15, 0.2) is 29.4 Å². The molecule has 6 nitrogen and oxygen atoms in total. The van der Waals surface area contributed by atoms with Gasteiger partial charge < -0.3 is 16.5 Å². The Labute approximate surface area is 128 Å². The number of nitrogens with two attached hydrogens (primary N) is 2. The van der Waals surface area contributed by atoms with Crippen LogP contribution in [0.25, 0.3) is 11.1 Å². The molecule has 7 heteroatoms. The Morgan fingerprint density at radius 3 is 2.33 bits per heavy atom. The lowest BCUT2D eigenvalue weighted by Gasteiger charge is -2.13. The van der Waals surface area contributed by atoms with Crippen LogP contribution >= 0.6 is 11.6 Å². The first-order valence-electron chi connectivity index (χ1n) is 6.30. The number of hydrogen-bond acceptors (Lipinski definition) is 6. The molecule has 0 saturated heterocycles. The Morgan fingerprint density at radius 2 is 1.76 bits per heavy atom. The van der Waals surface area contributed by atoms with Crippen molar-refractivity contribution in [1.82, 2.24) is 15.0 Å². The number of hydrazone groups is 1. The second kappa shape index (κ2) is 5.97. The first kappa shape index (κ1) is 15.1. The molecule has 21 heavy (non-hydrogen) atoms. The molecule has 2 aromatic rings. The van der Waals surface area contributed by atoms with Gasteiger partial charge in [0.05, 0.1) is 11.3 Å². The third-order valence-electron chi connectivity index (χ3n) is 2.78. The zero-order valence-corrected chi connectivity index (χ0v) is 12.9. The Morgan fingerprint density at radius 1 is 1.14 bits per heavy atom. The highest BCUT2D eigenvalue weighted by molar-refractivity contribution is 6.30. The second-order valence-corrected chi connectivity index (χ2v) is 5.17. The number of nitrogen functional groups attached to an aromatic ring is 2. The number of nitrogens with zero attached hydrogens (tertiary/aromatic N) is 4. The van der Waals surface area contributed by atoms with E-state index in [0.29, 0.717) is 27.8 Å². The van der Waals surface area contributed by atoms with E-state index in [-0.39, 0.29) is 5.95 Å². The van der Waals surface area contributed by atoms with Crippen LogP contribution in [-0.2, 0) is 0 Å². The third kappa shape index (κ3) is 3.41. The van der Waals surface area contributed by atoms with Crippen LogP contribution in [-0.4, -0.2) is 34.8 Å². The molecule has 0 aliphatic heterocycles. The molecule has 0 bridgehead atoms. The van der Waals surface area contributed by atoms with Gasteiger partial charge in [-0.3, -0.25) is 0 Å². The molecule has 2 rings (SSSR count). The van der Waals surface area contributed by atoms with Gasteiger partial charge in [-0.1, -0.05) is 23.7 Å². The van der Waals surface area contributed by atoms with Gasteiger partial charge in [-0.2, -0.15) is 10.1 Å². The van der Waals surface area contributed by atoms with Crippen molar-refractivity contribution in [3.8, 4) is 11.1 Å². The predicted octanol–water partition coefficient (Wildman–Crippen LogP) is 2.25. The topological polar surface area (TPSA) is 93.4 Å². The largest absolute Gasteiger partial charge is 0.383 e. The van der Waals surface area contributed by atoms with Gasteiger partial charge in [-0.25, -0.2) is 4.98 Å². The maximum atomic E-state index is 6.03. The zero-order chi connectivity index (χ0) is 15.6. The van der Waals surface area contributed by atoms with Crippen molar-refractivity contribution in [2.75, 3.05) is 25.6 Å². The first-order valence-corrected chi connectivity index (χ1v) is 6.68. The molecule has 0 aliphatic carbocycles. The summed E-state index contributed by atoms with van der Waals surface area (Å²) >= 11 is 5.92. The fourth-order valence-corrected chi connectivity index (χ4v) is 2.13. The van der Waals surface area contributed by atoms with E-state index < -0.39 is 0 Å². The minimum atomic E-state index is 0.119. The summed E-state index contributed by atoms with van der Waals surface area (Å²) in [5, 5.41) is 6.69. The van der Waals surface area contributed by atoms with Crippen molar-refractivity contribution in [1.29, 1.82) is 0 Å². The standard InChI is InChI=1S/C14H17ClN6/c1-8(20-21(2)3)12-11(13(16)19-14(17)18-12)9-4-6-10(15)7-5-9/h4-7H,1-3H3,(H4,16,17,18,19)/b20-8+. The van der Waals surface area contributed by atoms with Crippen LogP contribution in [0.4, 0.5) is 11.8 Å². The fraction of sp³-hybridized carbons (Fsp3) is 0.214. The van der Waals surface area contributed by atoms with E-state index in [2.05, 4.69) is 15.1 Å². The van der Waals surface area contributed by atoms with Gasteiger partial charge in [0, 0.05) is 19.1 Å². The summed E-state index contributed by atoms with van der Waals surface area (Å²) < 4.78 is 0. The normalized spacial score (nSPS) is 11.5. The zero-order valence-electron chi connectivity index (χ0n) is 12.1. The molecule has 110 valence electrons. The maximum absolute atomic E-state index is 6.03. The van der Waals surface area contributed by atoms with Gasteiger partial charge in [0.15, 0.2) is 0 Å². The highest BCUT2D eigenvalue weighted by atomic mass is 35.5. The first-order chi connectivity index (χ1) is 9.88. The highest BCUT2D eigenvalue weighted by Crippen LogP contribution is 2.29. The van der Waals surface area contributed by atoms with E-state index in [1.54, 1.807) is 17.1 Å². The smallest absolute Gasteiger partial charge is 0.222 e. The van der Waals surface area contributed by atoms with E-state index in [4.69, 9.17) is 23.1 Å². The molecule has 1 aromatic carbocycles. The average molecular weight is 305 g/mol. The second-order valence-electron chi connectivity index (χ2n) is 4.73. The highest BCUT2D eigenvalue weighted by Gasteiger charge is 2.16. The van der Waals surface area contributed by atoms with E-state index in [9.17, 15) is 0 Å². The summed E-state index contributed by atoms with van der Waals surface area (Å²) in [5.74, 6) is 0.432. The number of aromatic nitrogens is 2. The number of anilines is 2. The fourth-order valence-electron chi connectivity index (χ4n) is 2.01. The Bertz CT molecular complexity index is 679. The predicted molar refractivity (Wildman–Crippen MR) is 87.2 cm³/mol. The van der Waals surface area contributed by atoms with Crippen molar-refractivity contribution < 1.29 is 0 Å². The molecule has 0 aliphatic rings. The van der Waals surface area contributed by atoms with Gasteiger partial charge in [-0.05, 0) is 24.6 Å². The summed E-state index contributed by atoms with van der Waals surface area (Å²) in [5.41, 5.74) is 14.6. The van der Waals surface area contributed by atoms with Crippen LogP contribution in [0.5, 0.6) is 0 Å². The molecule has 0 amide bonds. The van der Waals surface area contributed by atoms with Crippen LogP contribution < -0.4 is 11.5 Å². The van der Waals surface area contributed by atoms with Gasteiger partial charge in [-0.15, -0.1) is 0 Å². The SMILES string of the molecule is C/C(=N\N(C)C)c1nc(N)nc(N)c1-c1ccc(Cl)cc1. The van der Waals surface area contributed by atoms with E-state index >= 15 is 0 Å². The van der Waals surface area contributed by atoms with Gasteiger partial charge >= 0.3 is 0 Å². The molecular weight excluding hydrogens is 288 g/mol. The van der Waals surface area contributed by atoms with Gasteiger partial charge in [0.2, 0.25) is 5.95 Å². The van der Waals surface area contributed by atoms with Crippen LogP contribution in [0, 0.1) is 0 Å². The Hall–Kier alpha value is -2.34. The lowest BCUT2D eigenvalue weighted by Crippen LogP contribution is -2.13. The van der Waals surface area contributed by atoms with Gasteiger partial charge in [0.1, 0.15) is 11.5 Å². The maximum Gasteiger partial charge on any atom is 0.222 e. The molecule has 0 unspecified atom stereocenters. The molecular formula is C14H17ClN6. The Kier molecular flexibility index (Phi) is 4.28. The van der Waals surface area contributed by atoms with Crippen LogP contribution in [0.3, 0.4) is 0 Å². The summed E-state index contributed by atoms with van der Waals surface area (Å²) in [6.45, 7) is 1.85.